The fourth-order valence-corrected chi connectivity index (χ4v) is 4.27. The van der Waals surface area contributed by atoms with E-state index in [4.69, 9.17) is 18.9 Å². The van der Waals surface area contributed by atoms with Crippen LogP contribution in [0.4, 0.5) is 4.39 Å². The summed E-state index contributed by atoms with van der Waals surface area (Å²) in [6, 6.07) is 24.3. The Bertz CT molecular complexity index is 1460. The van der Waals surface area contributed by atoms with Crippen molar-refractivity contribution >= 4 is 28.1 Å². The van der Waals surface area contributed by atoms with E-state index in [1.54, 1.807) is 42.5 Å². The van der Waals surface area contributed by atoms with Gasteiger partial charge in [-0.3, -0.25) is 4.79 Å². The van der Waals surface area contributed by atoms with E-state index in [9.17, 15) is 9.18 Å². The maximum Gasteiger partial charge on any atom is 0.271 e. The van der Waals surface area contributed by atoms with E-state index in [2.05, 4.69) is 26.5 Å². The number of carbonyl (C=O) groups excluding carboxylic acids is 1. The summed E-state index contributed by atoms with van der Waals surface area (Å²) in [6.07, 6.45) is 1.50. The molecule has 0 unspecified atom stereocenters. The first-order valence-corrected chi connectivity index (χ1v) is 13.3. The van der Waals surface area contributed by atoms with Crippen molar-refractivity contribution in [3.63, 3.8) is 0 Å². The smallest absolute Gasteiger partial charge is 0.271 e. The highest BCUT2D eigenvalue weighted by atomic mass is 79.9. The Kier molecular flexibility index (Phi) is 10.1. The maximum atomic E-state index is 13.2. The highest BCUT2D eigenvalue weighted by Gasteiger charge is 2.14. The van der Waals surface area contributed by atoms with Gasteiger partial charge in [-0.2, -0.15) is 5.10 Å². The number of benzene rings is 4. The minimum Gasteiger partial charge on any atom is -0.493 e. The first-order valence-electron chi connectivity index (χ1n) is 12.5. The molecule has 0 fully saturated rings. The topological polar surface area (TPSA) is 78.4 Å². The molecule has 0 heterocycles. The number of ether oxygens (including phenoxy) is 4. The Morgan fingerprint density at radius 1 is 0.875 bits per heavy atom. The number of hydrogen-bond acceptors (Lipinski definition) is 6. The Balaban J connectivity index is 1.40. The second kappa shape index (κ2) is 14.1. The zero-order valence-electron chi connectivity index (χ0n) is 22.0. The van der Waals surface area contributed by atoms with Crippen molar-refractivity contribution in [1.29, 1.82) is 0 Å². The van der Waals surface area contributed by atoms with Crippen molar-refractivity contribution in [2.45, 2.75) is 20.1 Å². The molecule has 1 amide bonds. The summed E-state index contributed by atoms with van der Waals surface area (Å²) in [7, 11) is 1.52. The molecule has 0 aliphatic carbocycles. The molecule has 0 saturated heterocycles. The van der Waals surface area contributed by atoms with Gasteiger partial charge < -0.3 is 18.9 Å². The van der Waals surface area contributed by atoms with E-state index >= 15 is 0 Å². The molecule has 0 radical (unpaired) electrons. The van der Waals surface area contributed by atoms with Gasteiger partial charge in [-0.05, 0) is 82.0 Å². The van der Waals surface area contributed by atoms with Gasteiger partial charge in [0.1, 0.15) is 19.0 Å². The molecule has 4 aromatic carbocycles. The SMILES string of the molecule is CCOc1cc(/C=N/NC(=O)c2ccc(OCc3ccccc3)c(OC)c2)cc(Br)c1OCc1ccc(F)cc1. The predicted molar refractivity (Wildman–Crippen MR) is 155 cm³/mol. The average molecular weight is 607 g/mol. The molecule has 7 nitrogen and oxygen atoms in total. The summed E-state index contributed by atoms with van der Waals surface area (Å²) in [4.78, 5) is 12.7. The van der Waals surface area contributed by atoms with Crippen LogP contribution in [-0.2, 0) is 13.2 Å². The second-order valence-corrected chi connectivity index (χ2v) is 9.37. The van der Waals surface area contributed by atoms with Gasteiger partial charge in [0.15, 0.2) is 23.0 Å². The van der Waals surface area contributed by atoms with Crippen molar-refractivity contribution in [2.24, 2.45) is 5.10 Å². The Morgan fingerprint density at radius 2 is 1.60 bits per heavy atom. The summed E-state index contributed by atoms with van der Waals surface area (Å²) in [5.74, 6) is 1.26. The molecule has 4 aromatic rings. The van der Waals surface area contributed by atoms with Crippen LogP contribution in [0.1, 0.15) is 34.0 Å². The van der Waals surface area contributed by atoms with Gasteiger partial charge in [0.05, 0.1) is 24.4 Å². The van der Waals surface area contributed by atoms with Crippen LogP contribution in [0.25, 0.3) is 0 Å². The number of rotatable bonds is 12. The van der Waals surface area contributed by atoms with Crippen LogP contribution in [0.3, 0.4) is 0 Å². The summed E-state index contributed by atoms with van der Waals surface area (Å²) >= 11 is 3.52. The maximum absolute atomic E-state index is 13.2. The molecule has 0 saturated carbocycles. The van der Waals surface area contributed by atoms with Crippen molar-refractivity contribution in [3.05, 3.63) is 117 Å². The number of amides is 1. The summed E-state index contributed by atoms with van der Waals surface area (Å²) in [6.45, 7) is 2.90. The fourth-order valence-electron chi connectivity index (χ4n) is 3.69. The van der Waals surface area contributed by atoms with Crippen LogP contribution in [-0.4, -0.2) is 25.8 Å². The number of halogens is 2. The lowest BCUT2D eigenvalue weighted by atomic mass is 10.2. The molecule has 9 heteroatoms. The van der Waals surface area contributed by atoms with Crippen molar-refractivity contribution in [3.8, 4) is 23.0 Å². The summed E-state index contributed by atoms with van der Waals surface area (Å²) in [5, 5.41) is 4.10. The normalized spacial score (nSPS) is 10.8. The van der Waals surface area contributed by atoms with Gasteiger partial charge >= 0.3 is 0 Å². The molecule has 0 spiro atoms. The minimum atomic E-state index is -0.410. The van der Waals surface area contributed by atoms with Crippen LogP contribution in [0.15, 0.2) is 94.5 Å². The summed E-state index contributed by atoms with van der Waals surface area (Å²) in [5.41, 5.74) is 5.40. The Labute approximate surface area is 240 Å². The zero-order valence-corrected chi connectivity index (χ0v) is 23.6. The highest BCUT2D eigenvalue weighted by molar-refractivity contribution is 9.10. The van der Waals surface area contributed by atoms with Gasteiger partial charge in [0.2, 0.25) is 0 Å². The van der Waals surface area contributed by atoms with E-state index in [0.717, 1.165) is 11.1 Å². The van der Waals surface area contributed by atoms with Gasteiger partial charge in [-0.15, -0.1) is 0 Å². The standard InChI is InChI=1S/C31H28BrFN2O5/c1-3-38-29-16-23(15-26(32)30(29)40-20-22-9-12-25(33)13-10-22)18-34-35-31(36)24-11-14-27(28(17-24)37-2)39-19-21-7-5-4-6-8-21/h4-18H,3,19-20H2,1-2H3,(H,35,36)/b34-18+. The average Bonchev–Trinajstić information content (AvgIpc) is 2.97. The molecule has 0 aliphatic heterocycles. The number of carbonyl (C=O) groups is 1. The molecule has 1 N–H and O–H groups in total. The second-order valence-electron chi connectivity index (χ2n) is 8.52. The number of nitrogens with zero attached hydrogens (tertiary/aromatic N) is 1. The lowest BCUT2D eigenvalue weighted by Crippen LogP contribution is -2.17. The third-order valence-electron chi connectivity index (χ3n) is 5.67. The third-order valence-corrected chi connectivity index (χ3v) is 6.26. The van der Waals surface area contributed by atoms with Gasteiger partial charge in [-0.1, -0.05) is 42.5 Å². The molecular weight excluding hydrogens is 579 g/mol. The van der Waals surface area contributed by atoms with E-state index in [1.807, 2.05) is 37.3 Å². The van der Waals surface area contributed by atoms with Crippen LogP contribution in [0, 0.1) is 5.82 Å². The van der Waals surface area contributed by atoms with Crippen molar-refractivity contribution < 1.29 is 28.1 Å². The van der Waals surface area contributed by atoms with Gasteiger partial charge in [-0.25, -0.2) is 9.82 Å². The summed E-state index contributed by atoms with van der Waals surface area (Å²) < 4.78 is 36.8. The molecule has 0 aromatic heterocycles. The van der Waals surface area contributed by atoms with Crippen LogP contribution in [0.5, 0.6) is 23.0 Å². The molecule has 40 heavy (non-hydrogen) atoms. The van der Waals surface area contributed by atoms with Crippen molar-refractivity contribution in [1.82, 2.24) is 5.43 Å². The quantitative estimate of drug-likeness (QED) is 0.140. The molecule has 206 valence electrons. The largest absolute Gasteiger partial charge is 0.493 e. The monoisotopic (exact) mass is 606 g/mol. The highest BCUT2D eigenvalue weighted by Crippen LogP contribution is 2.37. The Morgan fingerprint density at radius 3 is 2.33 bits per heavy atom. The Hall–Kier alpha value is -4.37. The zero-order chi connectivity index (χ0) is 28.3. The number of methoxy groups -OCH3 is 1. The third kappa shape index (κ3) is 7.83. The van der Waals surface area contributed by atoms with E-state index in [1.165, 1.54) is 25.5 Å². The lowest BCUT2D eigenvalue weighted by molar-refractivity contribution is 0.0954. The number of nitrogens with one attached hydrogen (secondary N) is 1. The first kappa shape index (κ1) is 28.6. The first-order chi connectivity index (χ1) is 19.5. The number of hydrogen-bond donors (Lipinski definition) is 1. The van der Waals surface area contributed by atoms with Crippen LogP contribution >= 0.6 is 15.9 Å². The van der Waals surface area contributed by atoms with Crippen molar-refractivity contribution in [2.75, 3.05) is 13.7 Å². The van der Waals surface area contributed by atoms with Gasteiger partial charge in [0, 0.05) is 5.56 Å². The number of hydrazone groups is 1. The van der Waals surface area contributed by atoms with Crippen LogP contribution in [0.2, 0.25) is 0 Å². The lowest BCUT2D eigenvalue weighted by Gasteiger charge is -2.14. The van der Waals surface area contributed by atoms with E-state index in [-0.39, 0.29) is 12.4 Å². The molecule has 0 bridgehead atoms. The molecular formula is C31H28BrFN2O5. The molecule has 0 atom stereocenters. The van der Waals surface area contributed by atoms with Gasteiger partial charge in [0.25, 0.3) is 5.91 Å². The minimum absolute atomic E-state index is 0.238. The molecule has 4 rings (SSSR count). The van der Waals surface area contributed by atoms with E-state index < -0.39 is 5.91 Å². The van der Waals surface area contributed by atoms with Crippen LogP contribution < -0.4 is 24.4 Å². The van der Waals surface area contributed by atoms with E-state index in [0.29, 0.717) is 51.8 Å². The predicted octanol–water partition coefficient (Wildman–Crippen LogP) is 6.92. The molecule has 0 aliphatic rings. The fraction of sp³-hybridized carbons (Fsp3) is 0.161.